The van der Waals surface area contributed by atoms with Gasteiger partial charge < -0.3 is 10.1 Å². The van der Waals surface area contributed by atoms with Crippen molar-refractivity contribution >= 4 is 0 Å². The maximum atomic E-state index is 12.5. The number of para-hydroxylation sites is 1. The lowest BCUT2D eigenvalue weighted by atomic mass is 10.0. The van der Waals surface area contributed by atoms with Crippen molar-refractivity contribution in [3.8, 4) is 5.75 Å². The molecule has 4 nitrogen and oxygen atoms in total. The van der Waals surface area contributed by atoms with Crippen LogP contribution in [0.2, 0.25) is 0 Å². The van der Waals surface area contributed by atoms with E-state index in [-0.39, 0.29) is 11.8 Å². The van der Waals surface area contributed by atoms with E-state index >= 15 is 0 Å². The summed E-state index contributed by atoms with van der Waals surface area (Å²) in [5.41, 5.74) is 1.55. The first-order valence-electron chi connectivity index (χ1n) is 6.38. The van der Waals surface area contributed by atoms with Crippen molar-refractivity contribution in [2.45, 2.75) is 19.6 Å². The summed E-state index contributed by atoms with van der Waals surface area (Å²) in [6.45, 7) is -0.191. The van der Waals surface area contributed by atoms with E-state index in [9.17, 15) is 8.78 Å². The molecule has 0 saturated carbocycles. The van der Waals surface area contributed by atoms with E-state index in [2.05, 4.69) is 15.2 Å². The zero-order chi connectivity index (χ0) is 14.5. The molecule has 1 heterocycles. The molecule has 6 heteroatoms. The maximum absolute atomic E-state index is 12.5. The van der Waals surface area contributed by atoms with Crippen LogP contribution in [0.1, 0.15) is 24.2 Å². The van der Waals surface area contributed by atoms with E-state index in [0.717, 1.165) is 5.69 Å². The zero-order valence-corrected chi connectivity index (χ0v) is 11.4. The number of halogens is 2. The molecule has 0 aliphatic rings. The number of hydrogen-bond acceptors (Lipinski definition) is 3. The Kier molecular flexibility index (Phi) is 4.68. The van der Waals surface area contributed by atoms with Gasteiger partial charge in [-0.1, -0.05) is 25.1 Å². The minimum Gasteiger partial charge on any atom is -0.434 e. The van der Waals surface area contributed by atoms with Crippen molar-refractivity contribution in [2.75, 3.05) is 6.54 Å². The van der Waals surface area contributed by atoms with Gasteiger partial charge in [0.15, 0.2) is 0 Å². The summed E-state index contributed by atoms with van der Waals surface area (Å²) in [7, 11) is 1.82. The van der Waals surface area contributed by atoms with Crippen molar-refractivity contribution in [3.05, 3.63) is 47.8 Å². The Labute approximate surface area is 116 Å². The monoisotopic (exact) mass is 281 g/mol. The normalized spacial score (nSPS) is 12.7. The molecule has 0 spiro atoms. The van der Waals surface area contributed by atoms with Crippen LogP contribution in [0, 0.1) is 0 Å². The lowest BCUT2D eigenvalue weighted by molar-refractivity contribution is -0.0506. The zero-order valence-electron chi connectivity index (χ0n) is 11.4. The summed E-state index contributed by atoms with van der Waals surface area (Å²) >= 11 is 0. The van der Waals surface area contributed by atoms with E-state index in [1.165, 1.54) is 0 Å². The maximum Gasteiger partial charge on any atom is 0.387 e. The van der Waals surface area contributed by atoms with Crippen molar-refractivity contribution in [1.82, 2.24) is 15.1 Å². The van der Waals surface area contributed by atoms with Gasteiger partial charge in [-0.05, 0) is 18.7 Å². The van der Waals surface area contributed by atoms with Crippen LogP contribution in [0.4, 0.5) is 8.78 Å². The Bertz CT molecular complexity index is 557. The highest BCUT2D eigenvalue weighted by atomic mass is 19.3. The predicted molar refractivity (Wildman–Crippen MR) is 71.8 cm³/mol. The number of alkyl halides is 2. The SMILES string of the molecule is CCNC(c1ccccc1OC(F)F)c1ccnn1C. The Balaban J connectivity index is 2.42. The van der Waals surface area contributed by atoms with Gasteiger partial charge in [0.25, 0.3) is 0 Å². The number of nitrogens with zero attached hydrogens (tertiary/aromatic N) is 2. The molecule has 0 bridgehead atoms. The fourth-order valence-electron chi connectivity index (χ4n) is 2.17. The van der Waals surface area contributed by atoms with Gasteiger partial charge in [0.05, 0.1) is 11.7 Å². The Morgan fingerprint density at radius 1 is 1.30 bits per heavy atom. The van der Waals surface area contributed by atoms with Crippen LogP contribution < -0.4 is 10.1 Å². The molecule has 1 N–H and O–H groups in total. The van der Waals surface area contributed by atoms with Crippen molar-refractivity contribution in [2.24, 2.45) is 7.05 Å². The highest BCUT2D eigenvalue weighted by molar-refractivity contribution is 5.40. The van der Waals surface area contributed by atoms with Crippen LogP contribution in [0.3, 0.4) is 0 Å². The van der Waals surface area contributed by atoms with Crippen molar-refractivity contribution in [3.63, 3.8) is 0 Å². The summed E-state index contributed by atoms with van der Waals surface area (Å²) in [5.74, 6) is 0.176. The molecular formula is C14H17F2N3O. The average Bonchev–Trinajstić information content (AvgIpc) is 2.82. The molecule has 0 amide bonds. The molecule has 108 valence electrons. The largest absolute Gasteiger partial charge is 0.434 e. The molecule has 2 aromatic rings. The molecule has 1 unspecified atom stereocenters. The van der Waals surface area contributed by atoms with Crippen LogP contribution in [0.15, 0.2) is 36.5 Å². The lowest BCUT2D eigenvalue weighted by Crippen LogP contribution is -2.25. The predicted octanol–water partition coefficient (Wildman–Crippen LogP) is 2.72. The summed E-state index contributed by atoms with van der Waals surface area (Å²) < 4.78 is 31.3. The summed E-state index contributed by atoms with van der Waals surface area (Å²) in [6.07, 6.45) is 1.68. The Hall–Kier alpha value is -1.95. The van der Waals surface area contributed by atoms with Crippen LogP contribution >= 0.6 is 0 Å². The molecule has 2 rings (SSSR count). The fourth-order valence-corrected chi connectivity index (χ4v) is 2.17. The second-order valence-corrected chi connectivity index (χ2v) is 4.29. The molecule has 0 radical (unpaired) electrons. The van der Waals surface area contributed by atoms with E-state index < -0.39 is 6.61 Å². The van der Waals surface area contributed by atoms with Crippen LogP contribution in [0.25, 0.3) is 0 Å². The fraction of sp³-hybridized carbons (Fsp3) is 0.357. The van der Waals surface area contributed by atoms with Gasteiger partial charge in [-0.15, -0.1) is 0 Å². The lowest BCUT2D eigenvalue weighted by Gasteiger charge is -2.21. The molecule has 0 aliphatic heterocycles. The first kappa shape index (κ1) is 14.5. The number of aryl methyl sites for hydroxylation is 1. The third-order valence-electron chi connectivity index (χ3n) is 3.01. The molecule has 1 aromatic carbocycles. The van der Waals surface area contributed by atoms with E-state index in [0.29, 0.717) is 12.1 Å². The van der Waals surface area contributed by atoms with Gasteiger partial charge in [-0.25, -0.2) is 0 Å². The van der Waals surface area contributed by atoms with Gasteiger partial charge >= 0.3 is 6.61 Å². The summed E-state index contributed by atoms with van der Waals surface area (Å²) in [4.78, 5) is 0. The van der Waals surface area contributed by atoms with Gasteiger partial charge in [0, 0.05) is 18.8 Å². The number of nitrogens with one attached hydrogen (secondary N) is 1. The standard InChI is InChI=1S/C14H17F2N3O/c1-3-17-13(11-8-9-18-19(11)2)10-6-4-5-7-12(10)20-14(15)16/h4-9,13-14,17H,3H2,1-2H3. The molecule has 1 aromatic heterocycles. The number of aromatic nitrogens is 2. The molecule has 1 atom stereocenters. The number of ether oxygens (including phenoxy) is 1. The highest BCUT2D eigenvalue weighted by Gasteiger charge is 2.21. The molecule has 0 fully saturated rings. The smallest absolute Gasteiger partial charge is 0.387 e. The van der Waals surface area contributed by atoms with Crippen LogP contribution in [-0.4, -0.2) is 22.9 Å². The summed E-state index contributed by atoms with van der Waals surface area (Å²) in [5, 5.41) is 7.39. The van der Waals surface area contributed by atoms with Gasteiger partial charge in [-0.3, -0.25) is 4.68 Å². The first-order chi connectivity index (χ1) is 9.63. The highest BCUT2D eigenvalue weighted by Crippen LogP contribution is 2.30. The minimum absolute atomic E-state index is 0.176. The first-order valence-corrected chi connectivity index (χ1v) is 6.38. The van der Waals surface area contributed by atoms with Gasteiger partial charge in [0.2, 0.25) is 0 Å². The van der Waals surface area contributed by atoms with Gasteiger partial charge in [0.1, 0.15) is 5.75 Å². The number of benzene rings is 1. The van der Waals surface area contributed by atoms with Crippen LogP contribution in [-0.2, 0) is 7.05 Å². The minimum atomic E-state index is -2.84. The van der Waals surface area contributed by atoms with Crippen LogP contribution in [0.5, 0.6) is 5.75 Å². The molecule has 0 saturated heterocycles. The second kappa shape index (κ2) is 6.47. The number of rotatable bonds is 6. The molecular weight excluding hydrogens is 264 g/mol. The van der Waals surface area contributed by atoms with Gasteiger partial charge in [-0.2, -0.15) is 13.9 Å². The molecule has 0 aliphatic carbocycles. The average molecular weight is 281 g/mol. The van der Waals surface area contributed by atoms with Crippen molar-refractivity contribution in [1.29, 1.82) is 0 Å². The topological polar surface area (TPSA) is 39.1 Å². The van der Waals surface area contributed by atoms with E-state index in [4.69, 9.17) is 0 Å². The van der Waals surface area contributed by atoms with Crippen molar-refractivity contribution < 1.29 is 13.5 Å². The summed E-state index contributed by atoms with van der Waals surface area (Å²) in [6, 6.07) is 8.40. The third-order valence-corrected chi connectivity index (χ3v) is 3.01. The Morgan fingerprint density at radius 3 is 2.65 bits per heavy atom. The third kappa shape index (κ3) is 3.14. The molecule has 20 heavy (non-hydrogen) atoms. The quantitative estimate of drug-likeness (QED) is 0.885. The Morgan fingerprint density at radius 2 is 2.05 bits per heavy atom. The van der Waals surface area contributed by atoms with E-state index in [1.807, 2.05) is 20.0 Å². The second-order valence-electron chi connectivity index (χ2n) is 4.29. The number of hydrogen-bond donors (Lipinski definition) is 1. The van der Waals surface area contributed by atoms with E-state index in [1.54, 1.807) is 35.1 Å².